The Kier molecular flexibility index (Phi) is 4.24. The van der Waals surface area contributed by atoms with E-state index in [0.717, 1.165) is 16.9 Å². The SMILES string of the molecule is O=C(O)CNC(=O)c1c(O)cc(-c2cccc(Cl)c2F)n2ncnc12. The molecule has 3 N–H and O–H groups in total. The van der Waals surface area contributed by atoms with E-state index in [4.69, 9.17) is 16.7 Å². The van der Waals surface area contributed by atoms with Gasteiger partial charge in [0.2, 0.25) is 0 Å². The molecule has 3 aromatic rings. The molecule has 1 amide bonds. The molecule has 0 bridgehead atoms. The molecule has 0 atom stereocenters. The summed E-state index contributed by atoms with van der Waals surface area (Å²) in [6.07, 6.45) is 1.12. The van der Waals surface area contributed by atoms with E-state index in [9.17, 15) is 19.1 Å². The number of aromatic nitrogens is 3. The summed E-state index contributed by atoms with van der Waals surface area (Å²) in [6.45, 7) is -0.636. The van der Waals surface area contributed by atoms with Crippen molar-refractivity contribution < 1.29 is 24.2 Å². The fraction of sp³-hybridized carbons (Fsp3) is 0.0667. The Morgan fingerprint density at radius 2 is 2.12 bits per heavy atom. The van der Waals surface area contributed by atoms with Crippen LogP contribution in [0.3, 0.4) is 0 Å². The fourth-order valence-electron chi connectivity index (χ4n) is 2.32. The second-order valence-corrected chi connectivity index (χ2v) is 5.37. The molecular weight excluding hydrogens is 355 g/mol. The summed E-state index contributed by atoms with van der Waals surface area (Å²) >= 11 is 5.78. The Bertz CT molecular complexity index is 1000. The van der Waals surface area contributed by atoms with Crippen LogP contribution in [0.2, 0.25) is 5.02 Å². The van der Waals surface area contributed by atoms with E-state index in [1.807, 2.05) is 0 Å². The van der Waals surface area contributed by atoms with Crippen LogP contribution in [0.4, 0.5) is 4.39 Å². The molecule has 0 saturated carbocycles. The topological polar surface area (TPSA) is 117 Å². The first-order valence-corrected chi connectivity index (χ1v) is 7.28. The molecule has 1 aromatic carbocycles. The van der Waals surface area contributed by atoms with Gasteiger partial charge in [-0.25, -0.2) is 13.9 Å². The first-order chi connectivity index (χ1) is 11.9. The third-order valence-electron chi connectivity index (χ3n) is 3.38. The lowest BCUT2D eigenvalue weighted by Crippen LogP contribution is -2.29. The minimum absolute atomic E-state index is 0.0517. The molecule has 0 aliphatic heterocycles. The van der Waals surface area contributed by atoms with Crippen LogP contribution in [0.15, 0.2) is 30.6 Å². The summed E-state index contributed by atoms with van der Waals surface area (Å²) in [5, 5.41) is 24.8. The number of fused-ring (bicyclic) bond motifs is 1. The second kappa shape index (κ2) is 6.36. The molecule has 2 aromatic heterocycles. The number of carboxylic acid groups (broad SMARTS) is 1. The standard InChI is InChI=1S/C15H10ClFN4O4/c16-8-3-1-2-7(13(8)17)9-4-10(22)12(14-19-6-20-21(9)14)15(25)18-5-11(23)24/h1-4,6,22H,5H2,(H,18,25)(H,23,24). The van der Waals surface area contributed by atoms with E-state index in [2.05, 4.69) is 15.4 Å². The van der Waals surface area contributed by atoms with Gasteiger partial charge < -0.3 is 15.5 Å². The van der Waals surface area contributed by atoms with Gasteiger partial charge in [-0.2, -0.15) is 5.10 Å². The number of aromatic hydroxyl groups is 1. The van der Waals surface area contributed by atoms with Gasteiger partial charge in [0, 0.05) is 11.6 Å². The smallest absolute Gasteiger partial charge is 0.322 e. The third kappa shape index (κ3) is 2.96. The Balaban J connectivity index is 2.18. The second-order valence-electron chi connectivity index (χ2n) is 4.96. The van der Waals surface area contributed by atoms with Gasteiger partial charge in [-0.15, -0.1) is 0 Å². The van der Waals surface area contributed by atoms with Gasteiger partial charge in [-0.3, -0.25) is 9.59 Å². The van der Waals surface area contributed by atoms with E-state index in [1.54, 1.807) is 0 Å². The monoisotopic (exact) mass is 364 g/mol. The van der Waals surface area contributed by atoms with Crippen molar-refractivity contribution >= 4 is 29.1 Å². The highest BCUT2D eigenvalue weighted by atomic mass is 35.5. The number of benzene rings is 1. The lowest BCUT2D eigenvalue weighted by atomic mass is 10.1. The summed E-state index contributed by atoms with van der Waals surface area (Å²) in [4.78, 5) is 26.6. The van der Waals surface area contributed by atoms with Gasteiger partial charge in [-0.05, 0) is 12.1 Å². The zero-order valence-electron chi connectivity index (χ0n) is 12.4. The van der Waals surface area contributed by atoms with E-state index in [1.165, 1.54) is 18.2 Å². The summed E-state index contributed by atoms with van der Waals surface area (Å²) in [5.41, 5.74) is -0.155. The highest BCUT2D eigenvalue weighted by Gasteiger charge is 2.22. The molecule has 128 valence electrons. The highest BCUT2D eigenvalue weighted by Crippen LogP contribution is 2.32. The van der Waals surface area contributed by atoms with Gasteiger partial charge in [-0.1, -0.05) is 17.7 Å². The number of aliphatic carboxylic acids is 1. The average molecular weight is 365 g/mol. The minimum Gasteiger partial charge on any atom is -0.507 e. The summed E-state index contributed by atoms with van der Waals surface area (Å²) < 4.78 is 15.5. The summed E-state index contributed by atoms with van der Waals surface area (Å²) in [5.74, 6) is -3.32. The van der Waals surface area contributed by atoms with E-state index in [-0.39, 0.29) is 27.5 Å². The van der Waals surface area contributed by atoms with Crippen molar-refractivity contribution in [3.63, 3.8) is 0 Å². The molecule has 0 aliphatic rings. The summed E-state index contributed by atoms with van der Waals surface area (Å²) in [7, 11) is 0. The number of carbonyl (C=O) groups is 2. The molecule has 10 heteroatoms. The molecule has 0 spiro atoms. The molecule has 8 nitrogen and oxygen atoms in total. The molecule has 2 heterocycles. The fourth-order valence-corrected chi connectivity index (χ4v) is 2.50. The number of amides is 1. The van der Waals surface area contributed by atoms with E-state index >= 15 is 0 Å². The molecule has 0 fully saturated rings. The quantitative estimate of drug-likeness (QED) is 0.648. The van der Waals surface area contributed by atoms with Crippen LogP contribution in [0.1, 0.15) is 10.4 Å². The summed E-state index contributed by atoms with van der Waals surface area (Å²) in [6, 6.07) is 5.45. The van der Waals surface area contributed by atoms with Crippen LogP contribution in [0.5, 0.6) is 5.75 Å². The maximum atomic E-state index is 14.3. The van der Waals surface area contributed by atoms with Crippen LogP contribution in [0, 0.1) is 5.82 Å². The Hall–Kier alpha value is -3.20. The number of halogens is 2. The minimum atomic E-state index is -1.25. The predicted octanol–water partition coefficient (Wildman–Crippen LogP) is 1.71. The molecule has 0 saturated heterocycles. The first kappa shape index (κ1) is 16.7. The maximum Gasteiger partial charge on any atom is 0.322 e. The van der Waals surface area contributed by atoms with Crippen molar-refractivity contribution in [1.82, 2.24) is 19.9 Å². The van der Waals surface area contributed by atoms with Crippen molar-refractivity contribution in [3.05, 3.63) is 47.0 Å². The molecule has 3 rings (SSSR count). The van der Waals surface area contributed by atoms with Crippen molar-refractivity contribution in [2.75, 3.05) is 6.54 Å². The number of rotatable bonds is 4. The van der Waals surface area contributed by atoms with Gasteiger partial charge in [0.15, 0.2) is 11.5 Å². The number of pyridine rings is 1. The number of carbonyl (C=O) groups excluding carboxylic acids is 1. The van der Waals surface area contributed by atoms with Crippen molar-refractivity contribution in [1.29, 1.82) is 0 Å². The molecule has 0 unspecified atom stereocenters. The molecule has 0 aliphatic carbocycles. The lowest BCUT2D eigenvalue weighted by molar-refractivity contribution is -0.135. The third-order valence-corrected chi connectivity index (χ3v) is 3.68. The number of nitrogens with zero attached hydrogens (tertiary/aromatic N) is 3. The van der Waals surface area contributed by atoms with Crippen LogP contribution < -0.4 is 5.32 Å². The van der Waals surface area contributed by atoms with Crippen LogP contribution in [-0.2, 0) is 4.79 Å². The van der Waals surface area contributed by atoms with Gasteiger partial charge >= 0.3 is 5.97 Å². The van der Waals surface area contributed by atoms with E-state index < -0.39 is 30.0 Å². The first-order valence-electron chi connectivity index (χ1n) is 6.90. The molecule has 0 radical (unpaired) electrons. The van der Waals surface area contributed by atoms with Gasteiger partial charge in [0.25, 0.3) is 5.91 Å². The Labute approximate surface area is 144 Å². The van der Waals surface area contributed by atoms with Crippen LogP contribution >= 0.6 is 11.6 Å². The largest absolute Gasteiger partial charge is 0.507 e. The molecule has 25 heavy (non-hydrogen) atoms. The van der Waals surface area contributed by atoms with Crippen LogP contribution in [0.25, 0.3) is 16.9 Å². The number of carboxylic acids is 1. The van der Waals surface area contributed by atoms with Crippen molar-refractivity contribution in [3.8, 4) is 17.0 Å². The normalized spacial score (nSPS) is 10.8. The molecular formula is C15H10ClFN4O4. The number of nitrogens with one attached hydrogen (secondary N) is 1. The zero-order valence-corrected chi connectivity index (χ0v) is 13.2. The average Bonchev–Trinajstić information content (AvgIpc) is 3.04. The number of hydrogen-bond donors (Lipinski definition) is 3. The van der Waals surface area contributed by atoms with Crippen molar-refractivity contribution in [2.24, 2.45) is 0 Å². The van der Waals surface area contributed by atoms with Gasteiger partial charge in [0.05, 0.1) is 10.7 Å². The van der Waals surface area contributed by atoms with E-state index in [0.29, 0.717) is 0 Å². The number of hydrogen-bond acceptors (Lipinski definition) is 5. The maximum absolute atomic E-state index is 14.3. The Morgan fingerprint density at radius 3 is 2.84 bits per heavy atom. The predicted molar refractivity (Wildman–Crippen MR) is 85.0 cm³/mol. The zero-order chi connectivity index (χ0) is 18.1. The Morgan fingerprint density at radius 1 is 1.36 bits per heavy atom. The van der Waals surface area contributed by atoms with Crippen molar-refractivity contribution in [2.45, 2.75) is 0 Å². The van der Waals surface area contributed by atoms with Gasteiger partial charge in [0.1, 0.15) is 24.2 Å². The van der Waals surface area contributed by atoms with Crippen LogP contribution in [-0.4, -0.2) is 43.2 Å². The highest BCUT2D eigenvalue weighted by molar-refractivity contribution is 6.31. The lowest BCUT2D eigenvalue weighted by Gasteiger charge is -2.11.